The number of carbonyl (C=O) groups excluding carboxylic acids is 1. The summed E-state index contributed by atoms with van der Waals surface area (Å²) in [5, 5.41) is 0. The Hall–Kier alpha value is -2.33. The third-order valence-electron chi connectivity index (χ3n) is 6.64. The van der Waals surface area contributed by atoms with Crippen molar-refractivity contribution in [1.29, 1.82) is 0 Å². The van der Waals surface area contributed by atoms with Crippen LogP contribution in [0.25, 0.3) is 0 Å². The number of sulfonamides is 1. The number of rotatable bonds is 6. The van der Waals surface area contributed by atoms with Crippen molar-refractivity contribution in [2.75, 3.05) is 58.9 Å². The number of aryl methyl sites for hydroxylation is 2. The number of aromatic nitrogens is 1. The second kappa shape index (κ2) is 10.3. The fraction of sp³-hybridized carbons (Fsp3) is 0.500. The molecule has 0 unspecified atom stereocenters. The predicted molar refractivity (Wildman–Crippen MR) is 127 cm³/mol. The molecule has 33 heavy (non-hydrogen) atoms. The highest BCUT2D eigenvalue weighted by molar-refractivity contribution is 7.89. The smallest absolute Gasteiger partial charge is 0.243 e. The summed E-state index contributed by atoms with van der Waals surface area (Å²) < 4.78 is 27.5. The first-order valence-electron chi connectivity index (χ1n) is 11.5. The average Bonchev–Trinajstić information content (AvgIpc) is 2.83. The van der Waals surface area contributed by atoms with Gasteiger partial charge in [0, 0.05) is 65.1 Å². The Balaban J connectivity index is 1.24. The number of piperazine rings is 2. The van der Waals surface area contributed by atoms with Gasteiger partial charge in [-0.15, -0.1) is 0 Å². The van der Waals surface area contributed by atoms with Gasteiger partial charge in [0.05, 0.1) is 17.1 Å². The van der Waals surface area contributed by atoms with Gasteiger partial charge >= 0.3 is 0 Å². The number of benzene rings is 1. The molecule has 0 spiro atoms. The monoisotopic (exact) mass is 471 g/mol. The molecule has 2 saturated heterocycles. The highest BCUT2D eigenvalue weighted by atomic mass is 32.2. The number of carbonyl (C=O) groups is 1. The minimum atomic E-state index is -3.54. The van der Waals surface area contributed by atoms with E-state index in [2.05, 4.69) is 14.8 Å². The fourth-order valence-electron chi connectivity index (χ4n) is 4.32. The van der Waals surface area contributed by atoms with Crippen LogP contribution in [0.15, 0.2) is 47.5 Å². The van der Waals surface area contributed by atoms with Gasteiger partial charge in [0.2, 0.25) is 15.9 Å². The van der Waals surface area contributed by atoms with E-state index in [0.717, 1.165) is 49.5 Å². The number of amides is 1. The highest BCUT2D eigenvalue weighted by Gasteiger charge is 2.31. The lowest BCUT2D eigenvalue weighted by Gasteiger charge is -2.37. The van der Waals surface area contributed by atoms with E-state index >= 15 is 0 Å². The van der Waals surface area contributed by atoms with Crippen LogP contribution in [0, 0.1) is 13.8 Å². The van der Waals surface area contributed by atoms with E-state index in [1.807, 2.05) is 44.3 Å². The fourth-order valence-corrected chi connectivity index (χ4v) is 5.83. The first kappa shape index (κ1) is 23.8. The van der Waals surface area contributed by atoms with Crippen molar-refractivity contribution in [3.8, 4) is 0 Å². The second-order valence-electron chi connectivity index (χ2n) is 8.90. The molecule has 0 atom stereocenters. The van der Waals surface area contributed by atoms with Crippen molar-refractivity contribution in [2.45, 2.75) is 25.3 Å². The molecule has 8 nitrogen and oxygen atoms in total. The summed E-state index contributed by atoms with van der Waals surface area (Å²) in [5.74, 6) is 0.0800. The molecule has 2 aliphatic heterocycles. The average molecular weight is 472 g/mol. The van der Waals surface area contributed by atoms with Gasteiger partial charge in [0.1, 0.15) is 0 Å². The van der Waals surface area contributed by atoms with Gasteiger partial charge in [-0.25, -0.2) is 8.42 Å². The maximum Gasteiger partial charge on any atom is 0.243 e. The van der Waals surface area contributed by atoms with E-state index in [9.17, 15) is 13.2 Å². The van der Waals surface area contributed by atoms with Crippen LogP contribution < -0.4 is 0 Å². The molecule has 3 heterocycles. The van der Waals surface area contributed by atoms with Crippen LogP contribution in [0.4, 0.5) is 0 Å². The summed E-state index contributed by atoms with van der Waals surface area (Å²) in [5.41, 5.74) is 3.10. The predicted octanol–water partition coefficient (Wildman–Crippen LogP) is 1.35. The Kier molecular flexibility index (Phi) is 7.43. The summed E-state index contributed by atoms with van der Waals surface area (Å²) in [4.78, 5) is 23.9. The quantitative estimate of drug-likeness (QED) is 0.633. The van der Waals surface area contributed by atoms with Crippen LogP contribution in [0.3, 0.4) is 0 Å². The topological polar surface area (TPSA) is 77.1 Å². The van der Waals surface area contributed by atoms with E-state index < -0.39 is 10.0 Å². The number of nitrogens with zero attached hydrogens (tertiary/aromatic N) is 5. The molecule has 2 aromatic rings. The Labute approximate surface area is 196 Å². The molecule has 178 valence electrons. The Morgan fingerprint density at radius 1 is 0.879 bits per heavy atom. The lowest BCUT2D eigenvalue weighted by Crippen LogP contribution is -2.54. The maximum absolute atomic E-state index is 13.0. The summed E-state index contributed by atoms with van der Waals surface area (Å²) in [6.07, 6.45) is 1.82. The lowest BCUT2D eigenvalue weighted by molar-refractivity contribution is -0.134. The van der Waals surface area contributed by atoms with E-state index in [-0.39, 0.29) is 5.91 Å². The van der Waals surface area contributed by atoms with Crippen LogP contribution in [0.1, 0.15) is 16.8 Å². The van der Waals surface area contributed by atoms with Crippen LogP contribution in [-0.2, 0) is 21.4 Å². The molecule has 1 aromatic carbocycles. The normalized spacial score (nSPS) is 19.0. The molecule has 2 fully saturated rings. The van der Waals surface area contributed by atoms with Gasteiger partial charge in [0.25, 0.3) is 0 Å². The number of pyridine rings is 1. The summed E-state index contributed by atoms with van der Waals surface area (Å²) in [7, 11) is -3.54. The standard InChI is InChI=1S/C24H33N5O3S/c1-20-6-7-23(17-21(20)2)33(31,32)29-15-13-28(14-16-29)24(30)19-27-11-9-26(10-12-27)18-22-5-3-4-8-25-22/h3-8,17H,9-16,18-19H2,1-2H3. The molecule has 4 rings (SSSR count). The van der Waals surface area contributed by atoms with E-state index in [1.54, 1.807) is 17.0 Å². The summed E-state index contributed by atoms with van der Waals surface area (Å²) in [6.45, 7) is 10.2. The highest BCUT2D eigenvalue weighted by Crippen LogP contribution is 2.20. The maximum atomic E-state index is 13.0. The Morgan fingerprint density at radius 2 is 1.58 bits per heavy atom. The van der Waals surface area contributed by atoms with Crippen molar-refractivity contribution >= 4 is 15.9 Å². The minimum Gasteiger partial charge on any atom is -0.339 e. The SMILES string of the molecule is Cc1ccc(S(=O)(=O)N2CCN(C(=O)CN3CCN(Cc4ccccn4)CC3)CC2)cc1C. The molecule has 0 bridgehead atoms. The summed E-state index contributed by atoms with van der Waals surface area (Å²) in [6, 6.07) is 11.2. The summed E-state index contributed by atoms with van der Waals surface area (Å²) >= 11 is 0. The molecule has 0 saturated carbocycles. The van der Waals surface area contributed by atoms with Gasteiger partial charge < -0.3 is 4.90 Å². The van der Waals surface area contributed by atoms with Crippen LogP contribution in [0.5, 0.6) is 0 Å². The molecular formula is C24H33N5O3S. The van der Waals surface area contributed by atoms with Crippen molar-refractivity contribution in [3.05, 3.63) is 59.4 Å². The largest absolute Gasteiger partial charge is 0.339 e. The molecule has 1 aromatic heterocycles. The second-order valence-corrected chi connectivity index (χ2v) is 10.8. The third kappa shape index (κ3) is 5.78. The third-order valence-corrected chi connectivity index (χ3v) is 8.54. The Bertz CT molecular complexity index is 1060. The Morgan fingerprint density at radius 3 is 2.21 bits per heavy atom. The van der Waals surface area contributed by atoms with Crippen molar-refractivity contribution < 1.29 is 13.2 Å². The molecule has 0 radical (unpaired) electrons. The van der Waals surface area contributed by atoms with Gasteiger partial charge in [-0.1, -0.05) is 12.1 Å². The van der Waals surface area contributed by atoms with Gasteiger partial charge in [-0.05, 0) is 49.2 Å². The van der Waals surface area contributed by atoms with E-state index in [0.29, 0.717) is 37.6 Å². The van der Waals surface area contributed by atoms with Crippen LogP contribution in [0.2, 0.25) is 0 Å². The molecule has 0 N–H and O–H groups in total. The van der Waals surface area contributed by atoms with E-state index in [4.69, 9.17) is 0 Å². The van der Waals surface area contributed by atoms with Gasteiger partial charge in [-0.3, -0.25) is 19.6 Å². The first-order valence-corrected chi connectivity index (χ1v) is 13.0. The lowest BCUT2D eigenvalue weighted by atomic mass is 10.1. The van der Waals surface area contributed by atoms with Crippen molar-refractivity contribution in [2.24, 2.45) is 0 Å². The van der Waals surface area contributed by atoms with Crippen LogP contribution >= 0.6 is 0 Å². The van der Waals surface area contributed by atoms with E-state index in [1.165, 1.54) is 4.31 Å². The number of hydrogen-bond acceptors (Lipinski definition) is 6. The van der Waals surface area contributed by atoms with Crippen molar-refractivity contribution in [3.63, 3.8) is 0 Å². The van der Waals surface area contributed by atoms with Crippen molar-refractivity contribution in [1.82, 2.24) is 24.0 Å². The van der Waals surface area contributed by atoms with Gasteiger partial charge in [-0.2, -0.15) is 4.31 Å². The van der Waals surface area contributed by atoms with Crippen LogP contribution in [-0.4, -0.2) is 97.2 Å². The molecule has 2 aliphatic rings. The zero-order valence-corrected chi connectivity index (χ0v) is 20.3. The minimum absolute atomic E-state index is 0.0800. The molecule has 9 heteroatoms. The molecular weight excluding hydrogens is 438 g/mol. The molecule has 0 aliphatic carbocycles. The zero-order chi connectivity index (χ0) is 23.4. The number of hydrogen-bond donors (Lipinski definition) is 0. The zero-order valence-electron chi connectivity index (χ0n) is 19.5. The molecule has 1 amide bonds. The van der Waals surface area contributed by atoms with Gasteiger partial charge in [0.15, 0.2) is 0 Å². The first-order chi connectivity index (χ1) is 15.8.